The lowest BCUT2D eigenvalue weighted by atomic mass is 10.1. The predicted octanol–water partition coefficient (Wildman–Crippen LogP) is 3.56. The molecule has 0 aliphatic carbocycles. The van der Waals surface area contributed by atoms with Gasteiger partial charge in [0.05, 0.1) is 36.7 Å². The number of aromatic nitrogens is 1. The number of likely N-dealkylation sites (N-methyl/N-ethyl adjacent to an activating group) is 1. The highest BCUT2D eigenvalue weighted by Gasteiger charge is 2.18. The molecule has 10 heteroatoms. The van der Waals surface area contributed by atoms with Gasteiger partial charge in [-0.2, -0.15) is 10.3 Å². The van der Waals surface area contributed by atoms with Crippen LogP contribution in [0.3, 0.4) is 0 Å². The molecule has 2 heterocycles. The molecule has 0 saturated carbocycles. The molecule has 0 amide bonds. The van der Waals surface area contributed by atoms with E-state index < -0.39 is 5.82 Å². The number of methoxy groups -OCH3 is 2. The maximum absolute atomic E-state index is 14.8. The Kier molecular flexibility index (Phi) is 7.82. The number of nitriles is 1. The molecule has 1 saturated heterocycles. The van der Waals surface area contributed by atoms with Gasteiger partial charge in [-0.15, -0.1) is 0 Å². The summed E-state index contributed by atoms with van der Waals surface area (Å²) in [5.41, 5.74) is 1.41. The number of hydrogen-bond donors (Lipinski definition) is 1. The Bertz CT molecular complexity index is 1220. The predicted molar refractivity (Wildman–Crippen MR) is 130 cm³/mol. The van der Waals surface area contributed by atoms with Crippen molar-refractivity contribution in [3.8, 4) is 23.3 Å². The summed E-state index contributed by atoms with van der Waals surface area (Å²) in [6.45, 7) is 4.35. The fourth-order valence-electron chi connectivity index (χ4n) is 3.83. The topological polar surface area (TPSA) is 92.1 Å². The number of hydrogen-bond acceptors (Lipinski definition) is 9. The third kappa shape index (κ3) is 5.54. The summed E-state index contributed by atoms with van der Waals surface area (Å²) >= 11 is 0. The first-order valence-corrected chi connectivity index (χ1v) is 11.2. The van der Waals surface area contributed by atoms with Crippen molar-refractivity contribution in [1.82, 2.24) is 14.9 Å². The van der Waals surface area contributed by atoms with Gasteiger partial charge in [-0.05, 0) is 25.2 Å². The molecule has 0 spiro atoms. The molecule has 3 aromatic rings. The summed E-state index contributed by atoms with van der Waals surface area (Å²) in [6, 6.07) is 10.3. The molecule has 1 fully saturated rings. The van der Waals surface area contributed by atoms with E-state index in [0.717, 1.165) is 26.2 Å². The molecular weight excluding hydrogens is 453 g/mol. The fraction of sp³-hybridized carbons (Fsp3) is 0.360. The van der Waals surface area contributed by atoms with Gasteiger partial charge in [-0.25, -0.2) is 4.39 Å². The van der Waals surface area contributed by atoms with Crippen LogP contribution in [0.25, 0.3) is 10.9 Å². The van der Waals surface area contributed by atoms with Crippen LogP contribution in [-0.2, 0) is 4.84 Å². The lowest BCUT2D eigenvalue weighted by Gasteiger charge is -2.31. The summed E-state index contributed by atoms with van der Waals surface area (Å²) in [5.74, 6) is 0.496. The van der Waals surface area contributed by atoms with Gasteiger partial charge in [0, 0.05) is 43.8 Å². The lowest BCUT2D eigenvalue weighted by molar-refractivity contribution is -0.179. The first-order chi connectivity index (χ1) is 17.0. The molecular formula is C25H28FN5O4. The van der Waals surface area contributed by atoms with Crippen molar-refractivity contribution in [3.05, 3.63) is 47.9 Å². The van der Waals surface area contributed by atoms with Gasteiger partial charge in [0.1, 0.15) is 19.3 Å². The van der Waals surface area contributed by atoms with Gasteiger partial charge < -0.3 is 24.4 Å². The summed E-state index contributed by atoms with van der Waals surface area (Å²) in [4.78, 5) is 12.4. The second-order valence-electron chi connectivity index (χ2n) is 8.04. The summed E-state index contributed by atoms with van der Waals surface area (Å²) in [6.07, 6.45) is 1.44. The number of hydroxylamine groups is 2. The summed E-state index contributed by atoms with van der Waals surface area (Å²) in [5, 5.41) is 15.2. The minimum atomic E-state index is -0.559. The van der Waals surface area contributed by atoms with Crippen LogP contribution in [0.15, 0.2) is 36.5 Å². The highest BCUT2D eigenvalue weighted by atomic mass is 19.1. The van der Waals surface area contributed by atoms with Crippen LogP contribution in [0.1, 0.15) is 5.56 Å². The SMILES string of the molecule is COc1cc2c(Nc3cccc(OC)c3F)c(C#N)cnc2cc1OCCON1CCN(C)CC1. The van der Waals surface area contributed by atoms with Crippen molar-refractivity contribution in [2.24, 2.45) is 0 Å². The zero-order valence-corrected chi connectivity index (χ0v) is 20.0. The minimum Gasteiger partial charge on any atom is -0.494 e. The van der Waals surface area contributed by atoms with E-state index in [0.29, 0.717) is 41.3 Å². The molecule has 1 aromatic heterocycles. The molecule has 4 rings (SSSR count). The zero-order valence-electron chi connectivity index (χ0n) is 20.0. The normalized spacial score (nSPS) is 14.5. The van der Waals surface area contributed by atoms with Gasteiger partial charge in [0.25, 0.3) is 0 Å². The van der Waals surface area contributed by atoms with Crippen LogP contribution in [0.2, 0.25) is 0 Å². The Labute approximate surface area is 203 Å². The second kappa shape index (κ2) is 11.2. The monoisotopic (exact) mass is 481 g/mol. The summed E-state index contributed by atoms with van der Waals surface area (Å²) < 4.78 is 31.3. The Morgan fingerprint density at radius 3 is 2.54 bits per heavy atom. The van der Waals surface area contributed by atoms with Crippen LogP contribution in [0, 0.1) is 17.1 Å². The number of pyridine rings is 1. The number of rotatable bonds is 9. The van der Waals surface area contributed by atoms with Crippen molar-refractivity contribution in [2.45, 2.75) is 0 Å². The van der Waals surface area contributed by atoms with Crippen LogP contribution >= 0.6 is 0 Å². The number of nitrogens with one attached hydrogen (secondary N) is 1. The van der Waals surface area contributed by atoms with Crippen LogP contribution in [0.5, 0.6) is 17.2 Å². The van der Waals surface area contributed by atoms with Crippen LogP contribution in [0.4, 0.5) is 15.8 Å². The van der Waals surface area contributed by atoms with Crippen molar-refractivity contribution < 1.29 is 23.4 Å². The van der Waals surface area contributed by atoms with Gasteiger partial charge in [0.15, 0.2) is 23.1 Å². The van der Waals surface area contributed by atoms with E-state index in [1.54, 1.807) is 24.3 Å². The Hall–Kier alpha value is -3.65. The van der Waals surface area contributed by atoms with Crippen LogP contribution in [-0.4, -0.2) is 75.6 Å². The second-order valence-corrected chi connectivity index (χ2v) is 8.04. The van der Waals surface area contributed by atoms with E-state index in [-0.39, 0.29) is 17.0 Å². The quantitative estimate of drug-likeness (QED) is 0.461. The number of anilines is 2. The third-order valence-corrected chi connectivity index (χ3v) is 5.79. The maximum atomic E-state index is 14.8. The van der Waals surface area contributed by atoms with Gasteiger partial charge >= 0.3 is 0 Å². The Morgan fingerprint density at radius 1 is 1.06 bits per heavy atom. The number of halogens is 1. The van der Waals surface area contributed by atoms with Crippen molar-refractivity contribution >= 4 is 22.3 Å². The fourth-order valence-corrected chi connectivity index (χ4v) is 3.83. The lowest BCUT2D eigenvalue weighted by Crippen LogP contribution is -2.44. The average molecular weight is 482 g/mol. The molecule has 0 unspecified atom stereocenters. The summed E-state index contributed by atoms with van der Waals surface area (Å²) in [7, 11) is 5.02. The third-order valence-electron chi connectivity index (χ3n) is 5.79. The first-order valence-electron chi connectivity index (χ1n) is 11.2. The minimum absolute atomic E-state index is 0.0962. The van der Waals surface area contributed by atoms with E-state index in [4.69, 9.17) is 19.0 Å². The number of nitrogens with zero attached hydrogens (tertiary/aromatic N) is 4. The van der Waals surface area contributed by atoms with Gasteiger partial charge in [-0.3, -0.25) is 9.82 Å². The van der Waals surface area contributed by atoms with E-state index in [2.05, 4.69) is 28.3 Å². The van der Waals surface area contributed by atoms with E-state index >= 15 is 0 Å². The molecule has 1 aliphatic heterocycles. The van der Waals surface area contributed by atoms with Crippen molar-refractivity contribution in [3.63, 3.8) is 0 Å². The van der Waals surface area contributed by atoms with Crippen molar-refractivity contribution in [1.29, 1.82) is 5.26 Å². The molecule has 0 bridgehead atoms. The number of ether oxygens (including phenoxy) is 3. The van der Waals surface area contributed by atoms with Gasteiger partial charge in [-0.1, -0.05) is 6.07 Å². The standard InChI is InChI=1S/C25H28FN5O4/c1-30-7-9-31(10-8-30)35-12-11-34-23-14-20-18(13-22(23)33-3)25(17(15-27)16-28-20)29-19-5-4-6-21(32-2)24(19)26/h4-6,13-14,16H,7-12H2,1-3H3,(H,28,29). The average Bonchev–Trinajstić information content (AvgIpc) is 2.88. The van der Waals surface area contributed by atoms with Crippen molar-refractivity contribution in [2.75, 3.05) is 66.0 Å². The van der Waals surface area contributed by atoms with E-state index in [1.807, 2.05) is 5.06 Å². The molecule has 1 N–H and O–H groups in total. The number of fused-ring (bicyclic) bond motifs is 1. The van der Waals surface area contributed by atoms with Gasteiger partial charge in [0.2, 0.25) is 0 Å². The largest absolute Gasteiger partial charge is 0.494 e. The zero-order chi connectivity index (χ0) is 24.8. The van der Waals surface area contributed by atoms with Crippen LogP contribution < -0.4 is 19.5 Å². The molecule has 2 aromatic carbocycles. The molecule has 0 radical (unpaired) electrons. The number of piperazine rings is 1. The molecule has 1 aliphatic rings. The Morgan fingerprint density at radius 2 is 1.83 bits per heavy atom. The molecule has 0 atom stereocenters. The highest BCUT2D eigenvalue weighted by molar-refractivity contribution is 5.97. The first kappa shape index (κ1) is 24.5. The highest BCUT2D eigenvalue weighted by Crippen LogP contribution is 2.38. The molecule has 35 heavy (non-hydrogen) atoms. The Balaban J connectivity index is 1.56. The van der Waals surface area contributed by atoms with E-state index in [9.17, 15) is 9.65 Å². The smallest absolute Gasteiger partial charge is 0.188 e. The maximum Gasteiger partial charge on any atom is 0.188 e. The molecule has 9 nitrogen and oxygen atoms in total. The number of benzene rings is 2. The molecule has 184 valence electrons. The van der Waals surface area contributed by atoms with E-state index in [1.165, 1.54) is 26.5 Å².